The highest BCUT2D eigenvalue weighted by molar-refractivity contribution is 5.90. The molecular weight excluding hydrogens is 396 g/mol. The van der Waals surface area contributed by atoms with E-state index in [4.69, 9.17) is 9.47 Å². The lowest BCUT2D eigenvalue weighted by atomic mass is 10.1. The van der Waals surface area contributed by atoms with Crippen molar-refractivity contribution in [2.45, 2.75) is 13.5 Å². The van der Waals surface area contributed by atoms with Gasteiger partial charge in [0, 0.05) is 30.3 Å². The zero-order chi connectivity index (χ0) is 21.8. The van der Waals surface area contributed by atoms with Crippen molar-refractivity contribution in [3.8, 4) is 5.75 Å². The van der Waals surface area contributed by atoms with Gasteiger partial charge in [0.25, 0.3) is 0 Å². The number of ether oxygens (including phenoxy) is 2. The molecule has 2 amide bonds. The molecule has 4 rings (SSSR count). The largest absolute Gasteiger partial charge is 0.497 e. The summed E-state index contributed by atoms with van der Waals surface area (Å²) in [5.74, 6) is 0.724. The molecule has 0 atom stereocenters. The van der Waals surface area contributed by atoms with Crippen molar-refractivity contribution >= 4 is 28.3 Å². The lowest BCUT2D eigenvalue weighted by molar-refractivity contribution is 0.153. The quantitative estimate of drug-likeness (QED) is 0.493. The highest BCUT2D eigenvalue weighted by Crippen LogP contribution is 2.22. The maximum absolute atomic E-state index is 13.0. The van der Waals surface area contributed by atoms with Crippen LogP contribution in [0.15, 0.2) is 48.5 Å². The first-order valence-electron chi connectivity index (χ1n) is 9.88. The van der Waals surface area contributed by atoms with Crippen molar-refractivity contribution in [1.29, 1.82) is 0 Å². The van der Waals surface area contributed by atoms with Crippen LogP contribution < -0.4 is 10.1 Å². The molecule has 0 aliphatic rings. The van der Waals surface area contributed by atoms with E-state index >= 15 is 0 Å². The van der Waals surface area contributed by atoms with Crippen molar-refractivity contribution in [3.63, 3.8) is 0 Å². The summed E-state index contributed by atoms with van der Waals surface area (Å²) in [5.41, 5.74) is 4.21. The predicted molar refractivity (Wildman–Crippen MR) is 117 cm³/mol. The van der Waals surface area contributed by atoms with E-state index in [1.54, 1.807) is 47.9 Å². The SMILES string of the molecule is COCCN(Cc1cc2cc(C)ccc2n2nnnc12)C(=O)Nc1ccc(OC)cc1. The maximum Gasteiger partial charge on any atom is 0.322 e. The Morgan fingerprint density at radius 1 is 1.13 bits per heavy atom. The summed E-state index contributed by atoms with van der Waals surface area (Å²) in [4.78, 5) is 14.7. The second kappa shape index (κ2) is 8.97. The van der Waals surface area contributed by atoms with Crippen LogP contribution in [0.5, 0.6) is 5.75 Å². The number of carbonyl (C=O) groups excluding carboxylic acids is 1. The monoisotopic (exact) mass is 420 g/mol. The van der Waals surface area contributed by atoms with Crippen LogP contribution in [0.25, 0.3) is 16.6 Å². The summed E-state index contributed by atoms with van der Waals surface area (Å²) in [7, 11) is 3.21. The Hall–Kier alpha value is -3.72. The van der Waals surface area contributed by atoms with Gasteiger partial charge in [-0.3, -0.25) is 0 Å². The molecule has 0 spiro atoms. The zero-order valence-electron chi connectivity index (χ0n) is 17.7. The molecule has 0 bridgehead atoms. The summed E-state index contributed by atoms with van der Waals surface area (Å²) >= 11 is 0. The number of carbonyl (C=O) groups is 1. The molecule has 9 nitrogen and oxygen atoms in total. The first-order chi connectivity index (χ1) is 15.1. The summed E-state index contributed by atoms with van der Waals surface area (Å²) in [6, 6.07) is 15.1. The number of pyridine rings is 1. The molecule has 9 heteroatoms. The Morgan fingerprint density at radius 3 is 2.68 bits per heavy atom. The first kappa shape index (κ1) is 20.5. The number of methoxy groups -OCH3 is 2. The maximum atomic E-state index is 13.0. The van der Waals surface area contributed by atoms with Crippen LogP contribution in [-0.4, -0.2) is 58.3 Å². The van der Waals surface area contributed by atoms with E-state index in [1.165, 1.54) is 0 Å². The minimum Gasteiger partial charge on any atom is -0.497 e. The fourth-order valence-corrected chi connectivity index (χ4v) is 3.44. The molecule has 4 aromatic rings. The number of anilines is 1. The zero-order valence-corrected chi connectivity index (χ0v) is 17.7. The van der Waals surface area contributed by atoms with Gasteiger partial charge in [-0.25, -0.2) is 4.79 Å². The Bertz CT molecular complexity index is 1210. The van der Waals surface area contributed by atoms with Crippen LogP contribution in [0.4, 0.5) is 10.5 Å². The number of amides is 2. The molecule has 2 aromatic heterocycles. The third-order valence-corrected chi connectivity index (χ3v) is 5.05. The van der Waals surface area contributed by atoms with Crippen LogP contribution >= 0.6 is 0 Å². The third-order valence-electron chi connectivity index (χ3n) is 5.05. The number of tetrazole rings is 1. The van der Waals surface area contributed by atoms with Crippen LogP contribution in [-0.2, 0) is 11.3 Å². The van der Waals surface area contributed by atoms with E-state index in [-0.39, 0.29) is 6.03 Å². The smallest absolute Gasteiger partial charge is 0.322 e. The molecule has 160 valence electrons. The average Bonchev–Trinajstić information content (AvgIpc) is 3.27. The molecule has 0 saturated carbocycles. The number of nitrogens with one attached hydrogen (secondary N) is 1. The van der Waals surface area contributed by atoms with Gasteiger partial charge in [-0.05, 0) is 59.8 Å². The lowest BCUT2D eigenvalue weighted by Crippen LogP contribution is -2.37. The van der Waals surface area contributed by atoms with E-state index in [0.29, 0.717) is 31.0 Å². The molecule has 0 aliphatic carbocycles. The molecule has 2 heterocycles. The number of fused-ring (bicyclic) bond motifs is 3. The number of hydrogen-bond donors (Lipinski definition) is 1. The fourth-order valence-electron chi connectivity index (χ4n) is 3.44. The Morgan fingerprint density at radius 2 is 1.94 bits per heavy atom. The average molecular weight is 420 g/mol. The number of nitrogens with zero attached hydrogens (tertiary/aromatic N) is 5. The predicted octanol–water partition coefficient (Wildman–Crippen LogP) is 3.28. The van der Waals surface area contributed by atoms with E-state index in [1.807, 2.05) is 25.1 Å². The number of urea groups is 1. The molecule has 0 saturated heterocycles. The topological polar surface area (TPSA) is 93.9 Å². The van der Waals surface area contributed by atoms with Crippen LogP contribution in [0.2, 0.25) is 0 Å². The molecular formula is C22H24N6O3. The third kappa shape index (κ3) is 4.41. The van der Waals surface area contributed by atoms with Gasteiger partial charge in [0.1, 0.15) is 5.75 Å². The van der Waals surface area contributed by atoms with E-state index in [9.17, 15) is 4.79 Å². The lowest BCUT2D eigenvalue weighted by Gasteiger charge is -2.23. The number of benzene rings is 2. The van der Waals surface area contributed by atoms with Crippen molar-refractivity contribution in [2.24, 2.45) is 0 Å². The van der Waals surface area contributed by atoms with Crippen LogP contribution in [0, 0.1) is 6.92 Å². The van der Waals surface area contributed by atoms with Gasteiger partial charge in [0.15, 0.2) is 5.65 Å². The minimum atomic E-state index is -0.239. The number of rotatable bonds is 7. The van der Waals surface area contributed by atoms with Crippen molar-refractivity contribution in [1.82, 2.24) is 24.9 Å². The van der Waals surface area contributed by atoms with Gasteiger partial charge in [-0.2, -0.15) is 4.52 Å². The van der Waals surface area contributed by atoms with Gasteiger partial charge in [0.05, 0.1) is 25.8 Å². The molecule has 0 aliphatic heterocycles. The van der Waals surface area contributed by atoms with Gasteiger partial charge in [0.2, 0.25) is 0 Å². The fraction of sp³-hybridized carbons (Fsp3) is 0.273. The highest BCUT2D eigenvalue weighted by Gasteiger charge is 2.18. The Kier molecular flexibility index (Phi) is 5.94. The van der Waals surface area contributed by atoms with Crippen molar-refractivity contribution < 1.29 is 14.3 Å². The second-order valence-corrected chi connectivity index (χ2v) is 7.22. The molecule has 2 aromatic carbocycles. The van der Waals surface area contributed by atoms with E-state index in [0.717, 1.165) is 27.8 Å². The normalized spacial score (nSPS) is 11.1. The van der Waals surface area contributed by atoms with Crippen LogP contribution in [0.1, 0.15) is 11.1 Å². The standard InChI is InChI=1S/C22H24N6O3/c1-15-4-9-20-16(12-15)13-17(21-24-25-26-28(20)21)14-27(10-11-30-2)22(29)23-18-5-7-19(31-3)8-6-18/h4-9,12-13H,10-11,14H2,1-3H3,(H,23,29). The van der Waals surface area contributed by atoms with Gasteiger partial charge in [-0.1, -0.05) is 11.6 Å². The van der Waals surface area contributed by atoms with E-state index < -0.39 is 0 Å². The molecule has 0 unspecified atom stereocenters. The van der Waals surface area contributed by atoms with Crippen molar-refractivity contribution in [3.05, 3.63) is 59.7 Å². The van der Waals surface area contributed by atoms with E-state index in [2.05, 4.69) is 26.9 Å². The molecule has 0 radical (unpaired) electrons. The summed E-state index contributed by atoms with van der Waals surface area (Å²) in [5, 5.41) is 16.1. The highest BCUT2D eigenvalue weighted by atomic mass is 16.5. The van der Waals surface area contributed by atoms with Crippen LogP contribution in [0.3, 0.4) is 0 Å². The number of hydrogen-bond acceptors (Lipinski definition) is 6. The minimum absolute atomic E-state index is 0.239. The Labute approximate surface area is 179 Å². The van der Waals surface area contributed by atoms with Gasteiger partial charge in [-0.15, -0.1) is 5.10 Å². The summed E-state index contributed by atoms with van der Waals surface area (Å²) in [6.07, 6.45) is 0. The summed E-state index contributed by atoms with van der Waals surface area (Å²) < 4.78 is 12.1. The summed E-state index contributed by atoms with van der Waals surface area (Å²) in [6.45, 7) is 3.19. The van der Waals surface area contributed by atoms with Gasteiger partial charge < -0.3 is 19.7 Å². The number of aromatic nitrogens is 4. The van der Waals surface area contributed by atoms with Crippen molar-refractivity contribution in [2.75, 3.05) is 32.7 Å². The van der Waals surface area contributed by atoms with Gasteiger partial charge >= 0.3 is 6.03 Å². The second-order valence-electron chi connectivity index (χ2n) is 7.22. The molecule has 1 N–H and O–H groups in total. The molecule has 0 fully saturated rings. The molecule has 31 heavy (non-hydrogen) atoms. The number of aryl methyl sites for hydroxylation is 1. The first-order valence-corrected chi connectivity index (χ1v) is 9.88. The Balaban J connectivity index is 1.64.